The molecule has 7 aromatic rings. The van der Waals surface area contributed by atoms with E-state index in [1.165, 1.54) is 88.3 Å². The van der Waals surface area contributed by atoms with E-state index in [4.69, 9.17) is 0 Å². The summed E-state index contributed by atoms with van der Waals surface area (Å²) in [5, 5.41) is 24.9. The SMILES string of the molecule is N#CCC1CC12c1cc(-c3cccc4ccccc34)ccc1-c1cc3c(cc12)-c1ccc(-c2cccc4ccccc24)cc1C31CC1CC#N. The molecule has 50 heavy (non-hydrogen) atoms. The summed E-state index contributed by atoms with van der Waals surface area (Å²) in [6.07, 6.45) is 3.14. The van der Waals surface area contributed by atoms with Crippen LogP contribution in [-0.4, -0.2) is 0 Å². The van der Waals surface area contributed by atoms with Crippen LogP contribution < -0.4 is 0 Å². The van der Waals surface area contributed by atoms with E-state index in [0.29, 0.717) is 24.7 Å². The Hall–Kier alpha value is -5.96. The zero-order valence-corrected chi connectivity index (χ0v) is 27.6. The molecule has 2 spiro atoms. The maximum atomic E-state index is 9.92. The molecule has 0 aromatic heterocycles. The third-order valence-corrected chi connectivity index (χ3v) is 12.8. The molecule has 4 atom stereocenters. The maximum absolute atomic E-state index is 9.92. The zero-order chi connectivity index (χ0) is 33.2. The van der Waals surface area contributed by atoms with E-state index in [-0.39, 0.29) is 10.8 Å². The van der Waals surface area contributed by atoms with Crippen LogP contribution in [0.5, 0.6) is 0 Å². The largest absolute Gasteiger partial charge is 0.198 e. The predicted octanol–water partition coefficient (Wildman–Crippen LogP) is 11.7. The molecule has 0 radical (unpaired) electrons. The minimum atomic E-state index is -0.134. The fraction of sp³-hybridized carbons (Fsp3) is 0.167. The third-order valence-electron chi connectivity index (χ3n) is 12.8. The Labute approximate surface area is 291 Å². The smallest absolute Gasteiger partial charge is 0.0625 e. The Kier molecular flexibility index (Phi) is 5.48. The highest BCUT2D eigenvalue weighted by atomic mass is 14.7. The van der Waals surface area contributed by atoms with Gasteiger partial charge in [-0.15, -0.1) is 0 Å². The fourth-order valence-electron chi connectivity index (χ4n) is 10.4. The van der Waals surface area contributed by atoms with Gasteiger partial charge in [-0.2, -0.15) is 10.5 Å². The Bertz CT molecular complexity index is 2520. The van der Waals surface area contributed by atoms with Crippen LogP contribution in [0.25, 0.3) is 66.1 Å². The lowest BCUT2D eigenvalue weighted by atomic mass is 9.85. The third kappa shape index (κ3) is 3.51. The van der Waals surface area contributed by atoms with Gasteiger partial charge in [0.25, 0.3) is 0 Å². The minimum absolute atomic E-state index is 0.134. The molecule has 2 saturated carbocycles. The minimum Gasteiger partial charge on any atom is -0.198 e. The van der Waals surface area contributed by atoms with Crippen molar-refractivity contribution in [3.63, 3.8) is 0 Å². The molecular formula is C48H32N2. The average molecular weight is 637 g/mol. The molecule has 0 amide bonds. The van der Waals surface area contributed by atoms with Gasteiger partial charge in [-0.05, 0) is 137 Å². The van der Waals surface area contributed by atoms with Crippen molar-refractivity contribution in [2.75, 3.05) is 0 Å². The molecule has 2 heteroatoms. The van der Waals surface area contributed by atoms with E-state index < -0.39 is 0 Å². The van der Waals surface area contributed by atoms with Crippen LogP contribution in [0.15, 0.2) is 133 Å². The van der Waals surface area contributed by atoms with Gasteiger partial charge in [0.2, 0.25) is 0 Å². The van der Waals surface area contributed by atoms with Crippen molar-refractivity contribution in [1.82, 2.24) is 0 Å². The molecule has 0 heterocycles. The first-order valence-electron chi connectivity index (χ1n) is 17.8. The number of nitriles is 2. The number of nitrogens with zero attached hydrogens (tertiary/aromatic N) is 2. The predicted molar refractivity (Wildman–Crippen MR) is 201 cm³/mol. The second-order valence-electron chi connectivity index (χ2n) is 15.0. The molecule has 4 unspecified atom stereocenters. The summed E-state index contributed by atoms with van der Waals surface area (Å²) >= 11 is 0. The summed E-state index contributed by atoms with van der Waals surface area (Å²) in [6, 6.07) is 54.7. The Morgan fingerprint density at radius 2 is 0.860 bits per heavy atom. The second kappa shape index (κ2) is 9.81. The van der Waals surface area contributed by atoms with Crippen LogP contribution >= 0.6 is 0 Å². The Morgan fingerprint density at radius 1 is 0.440 bits per heavy atom. The first-order chi connectivity index (χ1) is 24.7. The van der Waals surface area contributed by atoms with Crippen LogP contribution in [0.2, 0.25) is 0 Å². The highest BCUT2D eigenvalue weighted by molar-refractivity contribution is 6.00. The van der Waals surface area contributed by atoms with Crippen molar-refractivity contribution >= 4 is 21.5 Å². The number of rotatable bonds is 4. The molecule has 0 bridgehead atoms. The van der Waals surface area contributed by atoms with Crippen LogP contribution in [0.1, 0.15) is 47.9 Å². The molecule has 7 aromatic carbocycles. The fourth-order valence-corrected chi connectivity index (χ4v) is 10.4. The van der Waals surface area contributed by atoms with E-state index in [1.54, 1.807) is 0 Å². The number of benzene rings is 7. The Balaban J connectivity index is 1.10. The van der Waals surface area contributed by atoms with Crippen molar-refractivity contribution < 1.29 is 0 Å². The van der Waals surface area contributed by atoms with E-state index in [9.17, 15) is 10.5 Å². The Morgan fingerprint density at radius 3 is 1.32 bits per heavy atom. The van der Waals surface area contributed by atoms with E-state index in [0.717, 1.165) is 12.8 Å². The van der Waals surface area contributed by atoms with Crippen molar-refractivity contribution in [3.8, 4) is 56.6 Å². The summed E-state index contributed by atoms with van der Waals surface area (Å²) in [6.45, 7) is 0. The normalized spacial score (nSPS) is 22.9. The molecule has 4 aliphatic rings. The van der Waals surface area contributed by atoms with Crippen LogP contribution in [0, 0.1) is 34.5 Å². The molecule has 0 N–H and O–H groups in total. The summed E-state index contributed by atoms with van der Waals surface area (Å²) in [5.74, 6) is 0.619. The van der Waals surface area contributed by atoms with Gasteiger partial charge in [0.15, 0.2) is 0 Å². The lowest BCUT2D eigenvalue weighted by Crippen LogP contribution is -2.10. The maximum Gasteiger partial charge on any atom is 0.0625 e. The van der Waals surface area contributed by atoms with E-state index >= 15 is 0 Å². The first kappa shape index (κ1) is 27.9. The highest BCUT2D eigenvalue weighted by Gasteiger charge is 2.64. The standard InChI is InChI=1S/C48H32N2/c49-21-19-33-27-47(33)43-23-31(37-13-5-9-29-7-1-3-11-35(29)37)15-17-39(43)41-25-46-42(26-45(41)47)40-18-16-32(24-44(40)48(46)28-34(48)20-22-50)38-14-6-10-30-8-2-4-12-36(30)38/h1-18,23-26,33-34H,19-20,27-28H2. The van der Waals surface area contributed by atoms with Gasteiger partial charge in [-0.25, -0.2) is 0 Å². The molecule has 2 nitrogen and oxygen atoms in total. The summed E-state index contributed by atoms with van der Waals surface area (Å²) in [4.78, 5) is 0. The topological polar surface area (TPSA) is 47.6 Å². The van der Waals surface area contributed by atoms with Crippen molar-refractivity contribution in [3.05, 3.63) is 156 Å². The number of hydrogen-bond donors (Lipinski definition) is 0. The van der Waals surface area contributed by atoms with Gasteiger partial charge in [0.1, 0.15) is 0 Å². The molecule has 11 rings (SSSR count). The average Bonchev–Trinajstić information content (AvgIpc) is 4.03. The van der Waals surface area contributed by atoms with E-state index in [2.05, 4.69) is 146 Å². The van der Waals surface area contributed by atoms with Crippen LogP contribution in [0.3, 0.4) is 0 Å². The van der Waals surface area contributed by atoms with Gasteiger partial charge in [-0.1, -0.05) is 109 Å². The van der Waals surface area contributed by atoms with Gasteiger partial charge in [-0.3, -0.25) is 0 Å². The van der Waals surface area contributed by atoms with Gasteiger partial charge in [0.05, 0.1) is 12.1 Å². The van der Waals surface area contributed by atoms with Crippen molar-refractivity contribution in [2.45, 2.75) is 36.5 Å². The summed E-state index contributed by atoms with van der Waals surface area (Å²) < 4.78 is 0. The molecule has 234 valence electrons. The molecule has 0 saturated heterocycles. The van der Waals surface area contributed by atoms with E-state index in [1.807, 2.05) is 0 Å². The number of fused-ring (bicyclic) bond motifs is 12. The molecule has 0 aliphatic heterocycles. The molecule has 4 aliphatic carbocycles. The van der Waals surface area contributed by atoms with Crippen molar-refractivity contribution in [2.24, 2.45) is 11.8 Å². The van der Waals surface area contributed by atoms with Crippen LogP contribution in [-0.2, 0) is 10.8 Å². The zero-order valence-electron chi connectivity index (χ0n) is 27.6. The quantitative estimate of drug-likeness (QED) is 0.193. The lowest BCUT2D eigenvalue weighted by molar-refractivity contribution is 0.719. The van der Waals surface area contributed by atoms with Crippen LogP contribution in [0.4, 0.5) is 0 Å². The summed E-state index contributed by atoms with van der Waals surface area (Å²) in [5.41, 5.74) is 15.5. The summed E-state index contributed by atoms with van der Waals surface area (Å²) in [7, 11) is 0. The monoisotopic (exact) mass is 636 g/mol. The van der Waals surface area contributed by atoms with Gasteiger partial charge in [0, 0.05) is 23.7 Å². The van der Waals surface area contributed by atoms with Crippen molar-refractivity contribution in [1.29, 1.82) is 10.5 Å². The highest BCUT2D eigenvalue weighted by Crippen LogP contribution is 2.72. The van der Waals surface area contributed by atoms with Gasteiger partial charge >= 0.3 is 0 Å². The van der Waals surface area contributed by atoms with Gasteiger partial charge < -0.3 is 0 Å². The first-order valence-corrected chi connectivity index (χ1v) is 17.8. The molecule has 2 fully saturated rings. The molecular weight excluding hydrogens is 605 g/mol. The lowest BCUT2D eigenvalue weighted by Gasteiger charge is -2.17. The number of hydrogen-bond acceptors (Lipinski definition) is 2. The second-order valence-corrected chi connectivity index (χ2v) is 15.0.